The van der Waals surface area contributed by atoms with Crippen molar-refractivity contribution in [2.45, 2.75) is 20.0 Å². The highest BCUT2D eigenvalue weighted by atomic mass is 16.5. The van der Waals surface area contributed by atoms with Crippen molar-refractivity contribution in [3.8, 4) is 28.5 Å². The van der Waals surface area contributed by atoms with Gasteiger partial charge in [0.05, 0.1) is 25.3 Å². The molecule has 0 saturated carbocycles. The molecule has 1 unspecified atom stereocenters. The molecule has 33 heavy (non-hydrogen) atoms. The van der Waals surface area contributed by atoms with Gasteiger partial charge in [-0.3, -0.25) is 9.48 Å². The Balaban J connectivity index is 1.61. The van der Waals surface area contributed by atoms with Crippen molar-refractivity contribution in [2.75, 3.05) is 19.5 Å². The van der Waals surface area contributed by atoms with Crippen LogP contribution in [0.3, 0.4) is 0 Å². The number of hydrogen-bond donors (Lipinski definition) is 1. The summed E-state index contributed by atoms with van der Waals surface area (Å²) >= 11 is 0. The van der Waals surface area contributed by atoms with Crippen LogP contribution in [0.5, 0.6) is 17.4 Å². The zero-order valence-electron chi connectivity index (χ0n) is 19.2. The van der Waals surface area contributed by atoms with Gasteiger partial charge in [-0.15, -0.1) is 0 Å². The van der Waals surface area contributed by atoms with Crippen molar-refractivity contribution in [1.82, 2.24) is 14.8 Å². The lowest BCUT2D eigenvalue weighted by atomic mass is 10.0. The third kappa shape index (κ3) is 4.45. The van der Waals surface area contributed by atoms with E-state index in [1.807, 2.05) is 50.4 Å². The molecule has 4 rings (SSSR count). The van der Waals surface area contributed by atoms with E-state index in [2.05, 4.69) is 15.4 Å². The van der Waals surface area contributed by atoms with E-state index in [0.717, 1.165) is 22.2 Å². The molecule has 0 radical (unpaired) electrons. The number of amides is 1. The van der Waals surface area contributed by atoms with E-state index in [-0.39, 0.29) is 5.91 Å². The first-order chi connectivity index (χ1) is 15.9. The number of methoxy groups -OCH3 is 2. The predicted molar refractivity (Wildman–Crippen MR) is 127 cm³/mol. The van der Waals surface area contributed by atoms with E-state index in [4.69, 9.17) is 14.2 Å². The van der Waals surface area contributed by atoms with Crippen LogP contribution in [0, 0.1) is 6.92 Å². The number of benzene rings is 2. The maximum atomic E-state index is 12.8. The summed E-state index contributed by atoms with van der Waals surface area (Å²) in [7, 11) is 4.94. The van der Waals surface area contributed by atoms with Gasteiger partial charge in [0.15, 0.2) is 23.3 Å². The molecule has 0 aliphatic rings. The van der Waals surface area contributed by atoms with E-state index < -0.39 is 6.10 Å². The van der Waals surface area contributed by atoms with Crippen molar-refractivity contribution in [3.05, 3.63) is 60.3 Å². The molecular formula is C25H26N4O4. The summed E-state index contributed by atoms with van der Waals surface area (Å²) in [4.78, 5) is 17.4. The summed E-state index contributed by atoms with van der Waals surface area (Å²) in [6.07, 6.45) is -0.791. The van der Waals surface area contributed by atoms with Crippen LogP contribution in [0.1, 0.15) is 12.6 Å². The quantitative estimate of drug-likeness (QED) is 0.454. The normalized spacial score (nSPS) is 11.8. The minimum atomic E-state index is -0.791. The third-order valence-electron chi connectivity index (χ3n) is 5.35. The maximum absolute atomic E-state index is 12.8. The zero-order valence-corrected chi connectivity index (χ0v) is 19.2. The van der Waals surface area contributed by atoms with Gasteiger partial charge >= 0.3 is 0 Å². The number of pyridine rings is 1. The fourth-order valence-corrected chi connectivity index (χ4v) is 3.72. The van der Waals surface area contributed by atoms with Crippen LogP contribution in [-0.2, 0) is 11.8 Å². The van der Waals surface area contributed by atoms with E-state index in [1.165, 1.54) is 0 Å². The second-order valence-electron chi connectivity index (χ2n) is 7.60. The first-order valence-electron chi connectivity index (χ1n) is 10.5. The van der Waals surface area contributed by atoms with Crippen molar-refractivity contribution in [1.29, 1.82) is 0 Å². The first-order valence-corrected chi connectivity index (χ1v) is 10.5. The number of aryl methyl sites for hydroxylation is 2. The lowest BCUT2D eigenvalue weighted by molar-refractivity contribution is -0.122. The molecular weight excluding hydrogens is 420 g/mol. The molecule has 2 aromatic carbocycles. The molecule has 4 aromatic rings. The fourth-order valence-electron chi connectivity index (χ4n) is 3.72. The van der Waals surface area contributed by atoms with Gasteiger partial charge < -0.3 is 19.5 Å². The third-order valence-corrected chi connectivity index (χ3v) is 5.35. The number of nitrogens with one attached hydrogen (secondary N) is 1. The molecule has 0 spiro atoms. The van der Waals surface area contributed by atoms with Gasteiger partial charge in [-0.1, -0.05) is 30.3 Å². The van der Waals surface area contributed by atoms with E-state index in [9.17, 15) is 4.79 Å². The van der Waals surface area contributed by atoms with Crippen molar-refractivity contribution in [2.24, 2.45) is 7.05 Å². The lowest BCUT2D eigenvalue weighted by Gasteiger charge is -2.16. The van der Waals surface area contributed by atoms with Gasteiger partial charge in [-0.25, -0.2) is 0 Å². The summed E-state index contributed by atoms with van der Waals surface area (Å²) < 4.78 is 18.2. The number of carbonyl (C=O) groups is 1. The minimum absolute atomic E-state index is 0.313. The SMILES string of the molecule is COc1ccc(NC(=O)C(C)Oc2cc(-c3ccccc3)c3c(C)nn(C)c3n2)cc1OC. The monoisotopic (exact) mass is 446 g/mol. The molecule has 8 nitrogen and oxygen atoms in total. The molecule has 0 aliphatic carbocycles. The number of rotatable bonds is 7. The summed E-state index contributed by atoms with van der Waals surface area (Å²) in [6.45, 7) is 3.63. The van der Waals surface area contributed by atoms with Crippen LogP contribution >= 0.6 is 0 Å². The smallest absolute Gasteiger partial charge is 0.265 e. The molecule has 8 heteroatoms. The van der Waals surface area contributed by atoms with Crippen molar-refractivity contribution in [3.63, 3.8) is 0 Å². The van der Waals surface area contributed by atoms with Gasteiger partial charge in [0.1, 0.15) is 0 Å². The average Bonchev–Trinajstić information content (AvgIpc) is 3.12. The molecule has 0 aliphatic heterocycles. The summed E-state index contributed by atoms with van der Waals surface area (Å²) in [5.41, 5.74) is 4.12. The van der Waals surface area contributed by atoms with Crippen LogP contribution in [0.2, 0.25) is 0 Å². The molecule has 0 fully saturated rings. The minimum Gasteiger partial charge on any atom is -0.493 e. The van der Waals surface area contributed by atoms with Crippen molar-refractivity contribution >= 4 is 22.6 Å². The molecule has 1 N–H and O–H groups in total. The van der Waals surface area contributed by atoms with E-state index >= 15 is 0 Å². The summed E-state index contributed by atoms with van der Waals surface area (Å²) in [5.74, 6) is 1.14. The standard InChI is InChI=1S/C25H26N4O4/c1-15-23-19(17-9-7-6-8-10-17)14-22(27-24(23)29(3)28-15)33-16(2)25(30)26-18-11-12-20(31-4)21(13-18)32-5/h6-14,16H,1-5H3,(H,26,30). The summed E-state index contributed by atoms with van der Waals surface area (Å²) in [5, 5.41) is 8.31. The average molecular weight is 447 g/mol. The van der Waals surface area contributed by atoms with Gasteiger partial charge in [-0.2, -0.15) is 10.1 Å². The highest BCUT2D eigenvalue weighted by Crippen LogP contribution is 2.33. The maximum Gasteiger partial charge on any atom is 0.265 e. The van der Waals surface area contributed by atoms with Crippen LogP contribution in [0.25, 0.3) is 22.2 Å². The Morgan fingerprint density at radius 3 is 2.45 bits per heavy atom. The highest BCUT2D eigenvalue weighted by Gasteiger charge is 2.20. The largest absolute Gasteiger partial charge is 0.493 e. The number of ether oxygens (including phenoxy) is 3. The van der Waals surface area contributed by atoms with Gasteiger partial charge in [-0.05, 0) is 37.1 Å². The van der Waals surface area contributed by atoms with Crippen molar-refractivity contribution < 1.29 is 19.0 Å². The number of fused-ring (bicyclic) bond motifs is 1. The van der Waals surface area contributed by atoms with Gasteiger partial charge in [0.25, 0.3) is 5.91 Å². The number of aromatic nitrogens is 3. The summed E-state index contributed by atoms with van der Waals surface area (Å²) in [6, 6.07) is 17.0. The molecule has 1 atom stereocenters. The molecule has 170 valence electrons. The Hall–Kier alpha value is -4.07. The Bertz CT molecular complexity index is 1300. The fraction of sp³-hybridized carbons (Fsp3) is 0.240. The van der Waals surface area contributed by atoms with E-state index in [0.29, 0.717) is 28.7 Å². The predicted octanol–water partition coefficient (Wildman–Crippen LogP) is 4.37. The Morgan fingerprint density at radius 2 is 1.76 bits per heavy atom. The lowest BCUT2D eigenvalue weighted by Crippen LogP contribution is -2.30. The van der Waals surface area contributed by atoms with Crippen LogP contribution in [0.4, 0.5) is 5.69 Å². The Labute approximate surface area is 192 Å². The van der Waals surface area contributed by atoms with Crippen LogP contribution in [0.15, 0.2) is 54.6 Å². The second-order valence-corrected chi connectivity index (χ2v) is 7.60. The molecule has 0 bridgehead atoms. The number of carbonyl (C=O) groups excluding carboxylic acids is 1. The molecule has 2 heterocycles. The number of nitrogens with zero attached hydrogens (tertiary/aromatic N) is 3. The Kier molecular flexibility index (Phi) is 6.17. The first kappa shape index (κ1) is 22.1. The van der Waals surface area contributed by atoms with Gasteiger partial charge in [0, 0.05) is 24.9 Å². The Morgan fingerprint density at radius 1 is 1.03 bits per heavy atom. The zero-order chi connectivity index (χ0) is 23.5. The number of hydrogen-bond acceptors (Lipinski definition) is 6. The molecule has 2 aromatic heterocycles. The van der Waals surface area contributed by atoms with Crippen LogP contribution in [-0.4, -0.2) is 41.0 Å². The van der Waals surface area contributed by atoms with Crippen LogP contribution < -0.4 is 19.5 Å². The highest BCUT2D eigenvalue weighted by molar-refractivity contribution is 5.96. The number of anilines is 1. The van der Waals surface area contributed by atoms with Gasteiger partial charge in [0.2, 0.25) is 5.88 Å². The second kappa shape index (κ2) is 9.20. The topological polar surface area (TPSA) is 87.5 Å². The molecule has 0 saturated heterocycles. The molecule has 1 amide bonds. The van der Waals surface area contributed by atoms with E-state index in [1.54, 1.807) is 44.0 Å².